The van der Waals surface area contributed by atoms with E-state index in [4.69, 9.17) is 16.6 Å². The minimum absolute atomic E-state index is 0.560. The zero-order valence-corrected chi connectivity index (χ0v) is 14.4. The molecule has 2 saturated carbocycles. The molecule has 2 aliphatic carbocycles. The van der Waals surface area contributed by atoms with Crippen LogP contribution in [0.2, 0.25) is 5.15 Å². The maximum atomic E-state index is 6.27. The Hall–Kier alpha value is -0.870. The number of nitrogens with zero attached hydrogens (tertiary/aromatic N) is 4. The highest BCUT2D eigenvalue weighted by molar-refractivity contribution is 6.29. The predicted molar refractivity (Wildman–Crippen MR) is 92.1 cm³/mol. The van der Waals surface area contributed by atoms with E-state index >= 15 is 0 Å². The van der Waals surface area contributed by atoms with Crippen molar-refractivity contribution in [1.29, 1.82) is 0 Å². The first-order valence-electron chi connectivity index (χ1n) is 9.33. The highest BCUT2D eigenvalue weighted by Gasteiger charge is 2.42. The predicted octanol–water partition coefficient (Wildman–Crippen LogP) is 3.46. The average molecular weight is 333 g/mol. The summed E-state index contributed by atoms with van der Waals surface area (Å²) in [6.45, 7) is 3.59. The van der Waals surface area contributed by atoms with Gasteiger partial charge in [-0.1, -0.05) is 11.6 Å². The van der Waals surface area contributed by atoms with Gasteiger partial charge in [0.2, 0.25) is 0 Å². The molecule has 2 aliphatic heterocycles. The number of rotatable bonds is 3. The van der Waals surface area contributed by atoms with Crippen LogP contribution in [0.3, 0.4) is 0 Å². The van der Waals surface area contributed by atoms with Gasteiger partial charge in [0.25, 0.3) is 0 Å². The molecular weight excluding hydrogens is 308 g/mol. The summed E-state index contributed by atoms with van der Waals surface area (Å²) >= 11 is 6.27. The number of piperidine rings is 2. The quantitative estimate of drug-likeness (QED) is 0.793. The Bertz CT molecular complexity index is 599. The fourth-order valence-corrected chi connectivity index (χ4v) is 4.80. The third-order valence-electron chi connectivity index (χ3n) is 6.09. The van der Waals surface area contributed by atoms with Crippen molar-refractivity contribution in [2.24, 2.45) is 5.92 Å². The van der Waals surface area contributed by atoms with Crippen molar-refractivity contribution in [1.82, 2.24) is 14.9 Å². The second-order valence-corrected chi connectivity index (χ2v) is 8.24. The molecule has 4 nitrogen and oxygen atoms in total. The smallest absolute Gasteiger partial charge is 0.135 e. The summed E-state index contributed by atoms with van der Waals surface area (Å²) in [7, 11) is 0. The van der Waals surface area contributed by atoms with Crippen LogP contribution in [0.1, 0.15) is 56.7 Å². The summed E-state index contributed by atoms with van der Waals surface area (Å²) in [5.41, 5.74) is 0. The third-order valence-corrected chi connectivity index (χ3v) is 6.29. The van der Waals surface area contributed by atoms with Crippen LogP contribution in [-0.2, 0) is 0 Å². The summed E-state index contributed by atoms with van der Waals surface area (Å²) in [6.07, 6.45) is 9.32. The van der Waals surface area contributed by atoms with E-state index in [-0.39, 0.29) is 0 Å². The van der Waals surface area contributed by atoms with Gasteiger partial charge >= 0.3 is 0 Å². The van der Waals surface area contributed by atoms with Crippen molar-refractivity contribution < 1.29 is 0 Å². The molecule has 124 valence electrons. The first-order valence-corrected chi connectivity index (χ1v) is 9.71. The molecule has 0 N–H and O–H groups in total. The van der Waals surface area contributed by atoms with Gasteiger partial charge in [-0.2, -0.15) is 0 Å². The van der Waals surface area contributed by atoms with Crippen LogP contribution in [0.4, 0.5) is 5.82 Å². The minimum Gasteiger partial charge on any atom is -0.356 e. The van der Waals surface area contributed by atoms with Crippen molar-refractivity contribution in [3.05, 3.63) is 17.0 Å². The number of hydrogen-bond donors (Lipinski definition) is 0. The number of fused-ring (bicyclic) bond motifs is 1. The molecule has 2 saturated heterocycles. The monoisotopic (exact) mass is 332 g/mol. The Kier molecular flexibility index (Phi) is 3.52. The summed E-state index contributed by atoms with van der Waals surface area (Å²) in [5, 5.41) is 0.613. The van der Waals surface area contributed by atoms with Gasteiger partial charge in [-0.3, -0.25) is 4.90 Å². The summed E-state index contributed by atoms with van der Waals surface area (Å²) in [4.78, 5) is 14.6. The topological polar surface area (TPSA) is 32.3 Å². The van der Waals surface area contributed by atoms with Gasteiger partial charge in [-0.05, 0) is 57.4 Å². The number of halogens is 1. The van der Waals surface area contributed by atoms with Crippen LogP contribution in [-0.4, -0.2) is 46.6 Å². The van der Waals surface area contributed by atoms with Gasteiger partial charge in [0, 0.05) is 37.2 Å². The van der Waals surface area contributed by atoms with Crippen LogP contribution in [0.5, 0.6) is 0 Å². The van der Waals surface area contributed by atoms with Crippen molar-refractivity contribution in [3.8, 4) is 0 Å². The lowest BCUT2D eigenvalue weighted by atomic mass is 9.83. The molecule has 5 rings (SSSR count). The first-order chi connectivity index (χ1) is 11.3. The molecule has 1 aromatic rings. The van der Waals surface area contributed by atoms with E-state index in [2.05, 4.69) is 14.8 Å². The SMILES string of the molecule is Clc1cc(N2CCC3C(CCCN3C3CC3)C2)nc(C2CC2)n1. The number of aromatic nitrogens is 2. The Morgan fingerprint density at radius 3 is 2.65 bits per heavy atom. The largest absolute Gasteiger partial charge is 0.356 e. The molecule has 4 fully saturated rings. The molecule has 0 aromatic carbocycles. The molecule has 1 aromatic heterocycles. The molecule has 0 radical (unpaired) electrons. The van der Waals surface area contributed by atoms with Crippen molar-refractivity contribution in [2.75, 3.05) is 24.5 Å². The Balaban J connectivity index is 1.35. The standard InChI is InChI=1S/C18H25ClN4/c19-16-10-17(21-18(20-16)12-3-4-12)22-9-7-15-13(11-22)2-1-8-23(15)14-5-6-14/h10,12-15H,1-9,11H2. The summed E-state index contributed by atoms with van der Waals surface area (Å²) in [5.74, 6) is 3.40. The molecule has 2 unspecified atom stereocenters. The fourth-order valence-electron chi connectivity index (χ4n) is 4.62. The lowest BCUT2D eigenvalue weighted by molar-refractivity contribution is 0.0696. The van der Waals surface area contributed by atoms with Crippen LogP contribution >= 0.6 is 11.6 Å². The van der Waals surface area contributed by atoms with E-state index in [9.17, 15) is 0 Å². The van der Waals surface area contributed by atoms with Gasteiger partial charge in [-0.15, -0.1) is 0 Å². The molecule has 0 amide bonds. The normalized spacial score (nSPS) is 32.0. The average Bonchev–Trinajstić information content (AvgIpc) is 3.46. The highest BCUT2D eigenvalue weighted by Crippen LogP contribution is 2.41. The highest BCUT2D eigenvalue weighted by atomic mass is 35.5. The zero-order chi connectivity index (χ0) is 15.4. The third kappa shape index (κ3) is 2.85. The molecule has 4 aliphatic rings. The molecule has 0 spiro atoms. The Morgan fingerprint density at radius 2 is 1.87 bits per heavy atom. The minimum atomic E-state index is 0.560. The van der Waals surface area contributed by atoms with E-state index in [1.807, 2.05) is 6.07 Å². The molecule has 0 bridgehead atoms. The van der Waals surface area contributed by atoms with E-state index in [0.717, 1.165) is 42.7 Å². The molecule has 23 heavy (non-hydrogen) atoms. The molecule has 2 atom stereocenters. The summed E-state index contributed by atoms with van der Waals surface area (Å²) in [6, 6.07) is 3.69. The van der Waals surface area contributed by atoms with Crippen LogP contribution < -0.4 is 4.90 Å². The van der Waals surface area contributed by atoms with Crippen molar-refractivity contribution in [3.63, 3.8) is 0 Å². The number of hydrogen-bond acceptors (Lipinski definition) is 4. The number of anilines is 1. The van der Waals surface area contributed by atoms with Crippen LogP contribution in [0, 0.1) is 5.92 Å². The molecule has 5 heteroatoms. The van der Waals surface area contributed by atoms with E-state index in [1.54, 1.807) is 0 Å². The van der Waals surface area contributed by atoms with Crippen LogP contribution in [0.15, 0.2) is 6.07 Å². The molecule has 3 heterocycles. The van der Waals surface area contributed by atoms with E-state index in [1.165, 1.54) is 51.5 Å². The van der Waals surface area contributed by atoms with E-state index in [0.29, 0.717) is 11.1 Å². The van der Waals surface area contributed by atoms with Gasteiger partial charge < -0.3 is 4.90 Å². The van der Waals surface area contributed by atoms with E-state index < -0.39 is 0 Å². The van der Waals surface area contributed by atoms with Gasteiger partial charge in [0.1, 0.15) is 16.8 Å². The van der Waals surface area contributed by atoms with Gasteiger partial charge in [0.15, 0.2) is 0 Å². The van der Waals surface area contributed by atoms with Gasteiger partial charge in [0.05, 0.1) is 0 Å². The lowest BCUT2D eigenvalue weighted by Crippen LogP contribution is -2.54. The maximum Gasteiger partial charge on any atom is 0.135 e. The maximum absolute atomic E-state index is 6.27. The van der Waals surface area contributed by atoms with Crippen molar-refractivity contribution in [2.45, 2.75) is 62.9 Å². The lowest BCUT2D eigenvalue weighted by Gasteiger charge is -2.48. The van der Waals surface area contributed by atoms with Gasteiger partial charge in [-0.25, -0.2) is 9.97 Å². The summed E-state index contributed by atoms with van der Waals surface area (Å²) < 4.78 is 0. The zero-order valence-electron chi connectivity index (χ0n) is 13.6. The number of likely N-dealkylation sites (tertiary alicyclic amines) is 1. The Morgan fingerprint density at radius 1 is 1.00 bits per heavy atom. The first kappa shape index (κ1) is 14.5. The second kappa shape index (κ2) is 5.59. The molecular formula is C18H25ClN4. The second-order valence-electron chi connectivity index (χ2n) is 7.85. The fraction of sp³-hybridized carbons (Fsp3) is 0.778. The van der Waals surface area contributed by atoms with Crippen LogP contribution in [0.25, 0.3) is 0 Å². The Labute approximate surface area is 143 Å². The van der Waals surface area contributed by atoms with Crippen molar-refractivity contribution >= 4 is 17.4 Å².